The van der Waals surface area contributed by atoms with Gasteiger partial charge in [0.2, 0.25) is 0 Å². The largest absolute Gasteiger partial charge is 0.333 e. The summed E-state index contributed by atoms with van der Waals surface area (Å²) >= 11 is 0. The van der Waals surface area contributed by atoms with Crippen LogP contribution in [0.2, 0.25) is 0 Å². The number of azide groups is 1. The maximum atomic E-state index is 11.1. The lowest BCUT2D eigenvalue weighted by atomic mass is 10.5. The third-order valence-corrected chi connectivity index (χ3v) is 2.41. The minimum Gasteiger partial charge on any atom is -0.333 e. The van der Waals surface area contributed by atoms with E-state index in [-0.39, 0.29) is 5.03 Å². The first-order valence-corrected chi connectivity index (χ1v) is 4.89. The summed E-state index contributed by atoms with van der Waals surface area (Å²) in [5.74, 6) is 0.534. The van der Waals surface area contributed by atoms with Gasteiger partial charge in [-0.25, -0.2) is 13.4 Å². The number of hydrogen-bond acceptors (Lipinski definition) is 3. The van der Waals surface area contributed by atoms with Crippen molar-refractivity contribution in [2.24, 2.45) is 4.52 Å². The second-order valence-corrected chi connectivity index (χ2v) is 3.75. The second kappa shape index (κ2) is 3.46. The van der Waals surface area contributed by atoms with Gasteiger partial charge in [-0.3, -0.25) is 0 Å². The van der Waals surface area contributed by atoms with Gasteiger partial charge in [-0.05, 0) is 5.53 Å². The van der Waals surface area contributed by atoms with Crippen molar-refractivity contribution in [2.45, 2.75) is 18.4 Å². The fourth-order valence-electron chi connectivity index (χ4n) is 0.746. The lowest BCUT2D eigenvalue weighted by Crippen LogP contribution is -1.95. The monoisotopic (exact) mass is 201 g/mol. The fraction of sp³-hybridized carbons (Fsp3) is 0.400. The fourth-order valence-corrected chi connectivity index (χ4v) is 1.36. The number of hydrogen-bond donors (Lipinski definition) is 1. The van der Waals surface area contributed by atoms with Crippen molar-refractivity contribution in [2.75, 3.05) is 0 Å². The van der Waals surface area contributed by atoms with Gasteiger partial charge < -0.3 is 4.98 Å². The molecular weight excluding hydrogens is 194 g/mol. The van der Waals surface area contributed by atoms with E-state index < -0.39 is 10.0 Å². The number of nitrogens with zero attached hydrogens (tertiary/aromatic N) is 4. The van der Waals surface area contributed by atoms with Gasteiger partial charge in [-0.1, -0.05) is 6.92 Å². The molecule has 0 aliphatic rings. The summed E-state index contributed by atoms with van der Waals surface area (Å²) < 4.78 is 24.8. The van der Waals surface area contributed by atoms with Crippen molar-refractivity contribution < 1.29 is 8.42 Å². The molecule has 0 saturated heterocycles. The van der Waals surface area contributed by atoms with Crippen LogP contribution < -0.4 is 0 Å². The molecule has 13 heavy (non-hydrogen) atoms. The molecule has 1 heterocycles. The van der Waals surface area contributed by atoms with Crippen molar-refractivity contribution in [1.82, 2.24) is 9.97 Å². The zero-order chi connectivity index (χ0) is 9.90. The summed E-state index contributed by atoms with van der Waals surface area (Å²) in [5, 5.41) is -0.179. The van der Waals surface area contributed by atoms with Crippen LogP contribution in [0.5, 0.6) is 0 Å². The molecule has 0 amide bonds. The van der Waals surface area contributed by atoms with Gasteiger partial charge in [0.15, 0.2) is 5.03 Å². The maximum Gasteiger partial charge on any atom is 0.281 e. The van der Waals surface area contributed by atoms with Gasteiger partial charge in [-0.2, -0.15) is 0 Å². The Kier molecular flexibility index (Phi) is 2.54. The Morgan fingerprint density at radius 2 is 2.46 bits per heavy atom. The molecule has 0 bridgehead atoms. The van der Waals surface area contributed by atoms with Crippen molar-refractivity contribution in [1.29, 1.82) is 0 Å². The Balaban J connectivity index is 3.15. The van der Waals surface area contributed by atoms with E-state index in [1.165, 1.54) is 0 Å². The molecular formula is C5H7N5O2S. The molecule has 1 rings (SSSR count). The van der Waals surface area contributed by atoms with Crippen LogP contribution in [0.3, 0.4) is 0 Å². The van der Waals surface area contributed by atoms with E-state index in [1.54, 1.807) is 0 Å². The normalized spacial score (nSPS) is 10.8. The summed E-state index contributed by atoms with van der Waals surface area (Å²) in [4.78, 5) is 8.50. The highest BCUT2D eigenvalue weighted by Gasteiger charge is 2.14. The van der Waals surface area contributed by atoms with Gasteiger partial charge in [-0.15, -0.1) is 0 Å². The highest BCUT2D eigenvalue weighted by Crippen LogP contribution is 2.09. The Morgan fingerprint density at radius 1 is 1.77 bits per heavy atom. The number of rotatable bonds is 3. The van der Waals surface area contributed by atoms with Crippen LogP contribution in [-0.4, -0.2) is 18.4 Å². The molecule has 1 aromatic heterocycles. The molecule has 1 aromatic rings. The van der Waals surface area contributed by atoms with Crippen LogP contribution in [0.4, 0.5) is 0 Å². The summed E-state index contributed by atoms with van der Waals surface area (Å²) in [7, 11) is -3.91. The van der Waals surface area contributed by atoms with E-state index in [0.29, 0.717) is 12.2 Å². The molecule has 0 unspecified atom stereocenters. The molecule has 0 aliphatic heterocycles. The van der Waals surface area contributed by atoms with E-state index in [2.05, 4.69) is 19.4 Å². The van der Waals surface area contributed by atoms with Gasteiger partial charge in [0.1, 0.15) is 5.82 Å². The van der Waals surface area contributed by atoms with Gasteiger partial charge in [0.25, 0.3) is 10.0 Å². The lowest BCUT2D eigenvalue weighted by molar-refractivity contribution is 0.594. The molecule has 7 nitrogen and oxygen atoms in total. The van der Waals surface area contributed by atoms with Crippen LogP contribution in [0.1, 0.15) is 12.7 Å². The Hall–Kier alpha value is -1.53. The van der Waals surface area contributed by atoms with Crippen LogP contribution in [0.15, 0.2) is 15.7 Å². The average molecular weight is 201 g/mol. The van der Waals surface area contributed by atoms with Crippen molar-refractivity contribution in [3.05, 3.63) is 22.5 Å². The zero-order valence-corrected chi connectivity index (χ0v) is 7.61. The van der Waals surface area contributed by atoms with Crippen molar-refractivity contribution in [3.8, 4) is 0 Å². The average Bonchev–Trinajstić information content (AvgIpc) is 2.52. The Morgan fingerprint density at radius 3 is 2.92 bits per heavy atom. The molecule has 0 spiro atoms. The number of aryl methyl sites for hydroxylation is 1. The highest BCUT2D eigenvalue weighted by molar-refractivity contribution is 7.89. The predicted octanol–water partition coefficient (Wildman–Crippen LogP) is 0.971. The minimum atomic E-state index is -3.91. The molecule has 0 atom stereocenters. The molecule has 0 saturated carbocycles. The first-order chi connectivity index (χ1) is 6.10. The number of imidazole rings is 1. The third-order valence-electron chi connectivity index (χ3n) is 1.36. The van der Waals surface area contributed by atoms with Crippen molar-refractivity contribution in [3.63, 3.8) is 0 Å². The predicted molar refractivity (Wildman–Crippen MR) is 44.3 cm³/mol. The summed E-state index contributed by atoms with van der Waals surface area (Å²) in [6.07, 6.45) is 1.72. The van der Waals surface area contributed by atoms with E-state index >= 15 is 0 Å². The minimum absolute atomic E-state index is 0.179. The maximum absolute atomic E-state index is 11.1. The molecule has 0 radical (unpaired) electrons. The molecule has 70 valence electrons. The first-order valence-electron chi connectivity index (χ1n) is 3.45. The third kappa shape index (κ3) is 1.98. The van der Waals surface area contributed by atoms with E-state index in [1.807, 2.05) is 6.92 Å². The van der Waals surface area contributed by atoms with Gasteiger partial charge in [0.05, 0.1) is 6.20 Å². The molecule has 0 fully saturated rings. The summed E-state index contributed by atoms with van der Waals surface area (Å²) in [6.45, 7) is 1.82. The summed E-state index contributed by atoms with van der Waals surface area (Å²) in [6, 6.07) is 0. The Labute approximate surface area is 74.5 Å². The van der Waals surface area contributed by atoms with Crippen LogP contribution in [-0.2, 0) is 16.4 Å². The van der Waals surface area contributed by atoms with Crippen LogP contribution in [0.25, 0.3) is 10.4 Å². The van der Waals surface area contributed by atoms with E-state index in [9.17, 15) is 8.42 Å². The number of nitrogens with one attached hydrogen (secondary N) is 1. The standard InChI is InChI=1S/C5H7N5O2S/c1-2-4-7-3-5(8-4)13(11,12)10-9-6/h3H,2H2,1H3,(H,7,8). The quantitative estimate of drug-likeness (QED) is 0.446. The van der Waals surface area contributed by atoms with E-state index in [4.69, 9.17) is 5.53 Å². The Bertz CT molecular complexity index is 441. The van der Waals surface area contributed by atoms with E-state index in [0.717, 1.165) is 6.20 Å². The van der Waals surface area contributed by atoms with Crippen LogP contribution >= 0.6 is 0 Å². The van der Waals surface area contributed by atoms with Crippen molar-refractivity contribution >= 4 is 10.0 Å². The lowest BCUT2D eigenvalue weighted by Gasteiger charge is -1.89. The molecule has 1 N–H and O–H groups in total. The van der Waals surface area contributed by atoms with Gasteiger partial charge in [0, 0.05) is 15.9 Å². The topological polar surface area (TPSA) is 112 Å². The van der Waals surface area contributed by atoms with Crippen LogP contribution in [0, 0.1) is 0 Å². The highest BCUT2D eigenvalue weighted by atomic mass is 32.2. The SMILES string of the molecule is CCc1ncc(S(=O)(=O)N=[N+]=[N-])[nH]1. The zero-order valence-electron chi connectivity index (χ0n) is 6.80. The second-order valence-electron chi connectivity index (χ2n) is 2.19. The summed E-state index contributed by atoms with van der Waals surface area (Å²) in [5.41, 5.74) is 7.97. The molecule has 0 aliphatic carbocycles. The van der Waals surface area contributed by atoms with Gasteiger partial charge >= 0.3 is 0 Å². The first kappa shape index (κ1) is 9.56. The molecule has 8 heteroatoms. The number of aromatic nitrogens is 2. The number of aromatic amines is 1. The number of sulfonamides is 1. The smallest absolute Gasteiger partial charge is 0.281 e. The molecule has 0 aromatic carbocycles. The number of H-pyrrole nitrogens is 1.